The number of rotatable bonds is 7. The highest BCUT2D eigenvalue weighted by Crippen LogP contribution is 2.38. The molecule has 0 saturated carbocycles. The van der Waals surface area contributed by atoms with Crippen molar-refractivity contribution >= 4 is 11.6 Å². The van der Waals surface area contributed by atoms with E-state index in [0.29, 0.717) is 24.6 Å². The van der Waals surface area contributed by atoms with Crippen LogP contribution in [0.1, 0.15) is 16.7 Å². The second kappa shape index (κ2) is 10.8. The Morgan fingerprint density at radius 2 is 1.43 bits per heavy atom. The fraction of sp³-hybridized carbons (Fsp3) is 0.226. The maximum absolute atomic E-state index is 12.4. The minimum Gasteiger partial charge on any atom is -0.382 e. The molecule has 1 heterocycles. The number of halogens is 1. The van der Waals surface area contributed by atoms with Crippen LogP contribution in [0.15, 0.2) is 109 Å². The molecule has 2 atom stereocenters. The van der Waals surface area contributed by atoms with E-state index in [-0.39, 0.29) is 6.10 Å². The normalized spacial score (nSPS) is 18.2. The van der Waals surface area contributed by atoms with Crippen LogP contribution in [-0.4, -0.2) is 35.8 Å². The predicted molar refractivity (Wildman–Crippen MR) is 142 cm³/mol. The zero-order valence-electron chi connectivity index (χ0n) is 19.7. The fourth-order valence-electron chi connectivity index (χ4n) is 5.01. The van der Waals surface area contributed by atoms with Crippen LogP contribution < -0.4 is 0 Å². The lowest BCUT2D eigenvalue weighted by molar-refractivity contribution is -0.149. The lowest BCUT2D eigenvalue weighted by atomic mass is 9.80. The number of benzene rings is 4. The average molecular weight is 484 g/mol. The fourth-order valence-corrected chi connectivity index (χ4v) is 5.25. The lowest BCUT2D eigenvalue weighted by Gasteiger charge is -2.43. The monoisotopic (exact) mass is 483 g/mol. The first kappa shape index (κ1) is 23.8. The number of hydrogen-bond acceptors (Lipinski definition) is 3. The van der Waals surface area contributed by atoms with E-state index in [9.17, 15) is 5.11 Å². The van der Waals surface area contributed by atoms with E-state index in [1.54, 1.807) is 0 Å². The summed E-state index contributed by atoms with van der Waals surface area (Å²) in [5.74, 6) is 0. The maximum Gasteiger partial charge on any atom is 0.121 e. The van der Waals surface area contributed by atoms with Gasteiger partial charge in [-0.3, -0.25) is 4.90 Å². The summed E-state index contributed by atoms with van der Waals surface area (Å²) in [6.45, 7) is 2.90. The molecule has 3 nitrogen and oxygen atoms in total. The van der Waals surface area contributed by atoms with Crippen LogP contribution >= 0.6 is 11.6 Å². The first-order chi connectivity index (χ1) is 17.1. The van der Waals surface area contributed by atoms with E-state index >= 15 is 0 Å². The topological polar surface area (TPSA) is 32.7 Å². The SMILES string of the molecule is O[C@](Cc1ccccc1-c1ccccc1Cl)(c1ccccc1)[C@H]1CN(Cc2ccccc2)CCO1. The molecule has 4 aromatic rings. The van der Waals surface area contributed by atoms with Crippen LogP contribution in [0.5, 0.6) is 0 Å². The molecule has 0 aromatic heterocycles. The number of aliphatic hydroxyl groups is 1. The minimum absolute atomic E-state index is 0.373. The highest BCUT2D eigenvalue weighted by molar-refractivity contribution is 6.33. The standard InChI is InChI=1S/C31H30ClNO2/c32-29-18-10-9-17-28(29)27-16-8-7-13-25(27)21-31(34,26-14-5-2-6-15-26)30-23-33(19-20-35-30)22-24-11-3-1-4-12-24/h1-18,30,34H,19-23H2/t30-,31-/m1/s1. The Morgan fingerprint density at radius 1 is 0.800 bits per heavy atom. The number of nitrogens with zero attached hydrogens (tertiary/aromatic N) is 1. The molecule has 1 aliphatic rings. The van der Waals surface area contributed by atoms with Crippen molar-refractivity contribution in [3.8, 4) is 11.1 Å². The molecule has 1 N–H and O–H groups in total. The number of hydrogen-bond donors (Lipinski definition) is 1. The summed E-state index contributed by atoms with van der Waals surface area (Å²) in [6, 6.07) is 36.4. The van der Waals surface area contributed by atoms with E-state index < -0.39 is 5.60 Å². The Labute approximate surface area is 212 Å². The molecule has 0 aliphatic carbocycles. The minimum atomic E-state index is -1.20. The van der Waals surface area contributed by atoms with Gasteiger partial charge in [0.25, 0.3) is 0 Å². The van der Waals surface area contributed by atoms with E-state index in [0.717, 1.165) is 35.3 Å². The summed E-state index contributed by atoms with van der Waals surface area (Å²) in [5.41, 5.74) is 3.96. The summed E-state index contributed by atoms with van der Waals surface area (Å²) in [7, 11) is 0. The van der Waals surface area contributed by atoms with Crippen LogP contribution in [0, 0.1) is 0 Å². The second-order valence-electron chi connectivity index (χ2n) is 9.18. The molecule has 0 bridgehead atoms. The molecule has 178 valence electrons. The van der Waals surface area contributed by atoms with Gasteiger partial charge in [0.1, 0.15) is 11.7 Å². The Balaban J connectivity index is 1.49. The molecule has 1 aliphatic heterocycles. The van der Waals surface area contributed by atoms with E-state index in [1.807, 2.05) is 72.8 Å². The quantitative estimate of drug-likeness (QED) is 0.333. The van der Waals surface area contributed by atoms with Gasteiger partial charge < -0.3 is 9.84 Å². The molecule has 4 aromatic carbocycles. The Morgan fingerprint density at radius 3 is 2.17 bits per heavy atom. The molecule has 0 amide bonds. The van der Waals surface area contributed by atoms with Crippen LogP contribution in [0.4, 0.5) is 0 Å². The Hall–Kier alpha value is -2.95. The van der Waals surface area contributed by atoms with E-state index in [2.05, 4.69) is 41.3 Å². The molecule has 35 heavy (non-hydrogen) atoms. The summed E-state index contributed by atoms with van der Waals surface area (Å²) in [4.78, 5) is 2.37. The van der Waals surface area contributed by atoms with Gasteiger partial charge in [0.15, 0.2) is 0 Å². The lowest BCUT2D eigenvalue weighted by Crippen LogP contribution is -2.53. The summed E-state index contributed by atoms with van der Waals surface area (Å²) in [6.07, 6.45) is 0.0454. The summed E-state index contributed by atoms with van der Waals surface area (Å²) < 4.78 is 6.29. The van der Waals surface area contributed by atoms with Crippen molar-refractivity contribution in [2.75, 3.05) is 19.7 Å². The zero-order valence-corrected chi connectivity index (χ0v) is 20.4. The van der Waals surface area contributed by atoms with Gasteiger partial charge >= 0.3 is 0 Å². The zero-order chi connectivity index (χ0) is 24.1. The van der Waals surface area contributed by atoms with Crippen molar-refractivity contribution in [1.29, 1.82) is 0 Å². The first-order valence-electron chi connectivity index (χ1n) is 12.1. The smallest absolute Gasteiger partial charge is 0.121 e. The molecule has 0 radical (unpaired) electrons. The molecule has 1 saturated heterocycles. The third-order valence-corrected chi connectivity index (χ3v) is 7.18. The number of morpholine rings is 1. The highest BCUT2D eigenvalue weighted by atomic mass is 35.5. The third kappa shape index (κ3) is 5.34. The molecule has 0 spiro atoms. The van der Waals surface area contributed by atoms with Gasteiger partial charge in [-0.1, -0.05) is 115 Å². The molecule has 5 rings (SSSR count). The van der Waals surface area contributed by atoms with Gasteiger partial charge in [0.2, 0.25) is 0 Å². The van der Waals surface area contributed by atoms with Gasteiger partial charge in [-0.05, 0) is 28.3 Å². The van der Waals surface area contributed by atoms with Crippen molar-refractivity contribution in [1.82, 2.24) is 4.90 Å². The van der Waals surface area contributed by atoms with Crippen molar-refractivity contribution in [2.45, 2.75) is 24.7 Å². The second-order valence-corrected chi connectivity index (χ2v) is 9.59. The Bertz CT molecular complexity index is 1250. The summed E-state index contributed by atoms with van der Waals surface area (Å²) >= 11 is 6.57. The van der Waals surface area contributed by atoms with Crippen LogP contribution in [0.3, 0.4) is 0 Å². The van der Waals surface area contributed by atoms with E-state index in [4.69, 9.17) is 16.3 Å². The molecular formula is C31H30ClNO2. The van der Waals surface area contributed by atoms with E-state index in [1.165, 1.54) is 5.56 Å². The van der Waals surface area contributed by atoms with Gasteiger partial charge in [0.05, 0.1) is 6.61 Å². The largest absolute Gasteiger partial charge is 0.382 e. The molecular weight excluding hydrogens is 454 g/mol. The van der Waals surface area contributed by atoms with Crippen molar-refractivity contribution < 1.29 is 9.84 Å². The van der Waals surface area contributed by atoms with Gasteiger partial charge in [0, 0.05) is 36.6 Å². The average Bonchev–Trinajstić information content (AvgIpc) is 2.91. The highest BCUT2D eigenvalue weighted by Gasteiger charge is 2.42. The van der Waals surface area contributed by atoms with Crippen molar-refractivity contribution in [3.05, 3.63) is 131 Å². The van der Waals surface area contributed by atoms with Crippen LogP contribution in [0.2, 0.25) is 5.02 Å². The number of ether oxygens (including phenoxy) is 1. The van der Waals surface area contributed by atoms with Gasteiger partial charge in [-0.15, -0.1) is 0 Å². The first-order valence-corrected chi connectivity index (χ1v) is 12.5. The van der Waals surface area contributed by atoms with Crippen LogP contribution in [0.25, 0.3) is 11.1 Å². The molecule has 4 heteroatoms. The van der Waals surface area contributed by atoms with Crippen molar-refractivity contribution in [3.63, 3.8) is 0 Å². The summed E-state index contributed by atoms with van der Waals surface area (Å²) in [5, 5.41) is 13.1. The van der Waals surface area contributed by atoms with Crippen LogP contribution in [-0.2, 0) is 23.3 Å². The predicted octanol–water partition coefficient (Wildman–Crippen LogP) is 6.34. The Kier molecular flexibility index (Phi) is 7.31. The molecule has 0 unspecified atom stereocenters. The third-order valence-electron chi connectivity index (χ3n) is 6.85. The van der Waals surface area contributed by atoms with Crippen molar-refractivity contribution in [2.24, 2.45) is 0 Å². The maximum atomic E-state index is 12.4. The van der Waals surface area contributed by atoms with Gasteiger partial charge in [-0.25, -0.2) is 0 Å². The molecule has 1 fully saturated rings. The van der Waals surface area contributed by atoms with Gasteiger partial charge in [-0.2, -0.15) is 0 Å².